The molecule has 5 nitrogen and oxygen atoms in total. The van der Waals surface area contributed by atoms with Gasteiger partial charge in [0.2, 0.25) is 5.95 Å². The van der Waals surface area contributed by atoms with E-state index in [-0.39, 0.29) is 11.6 Å². The monoisotopic (exact) mass is 295 g/mol. The molecule has 2 aromatic heterocycles. The van der Waals surface area contributed by atoms with Crippen LogP contribution in [0.5, 0.6) is 0 Å². The molecule has 1 fully saturated rings. The Morgan fingerprint density at radius 1 is 1.00 bits per heavy atom. The van der Waals surface area contributed by atoms with E-state index in [1.165, 1.54) is 18.7 Å². The molecule has 1 aliphatic heterocycles. The fourth-order valence-electron chi connectivity index (χ4n) is 2.22. The summed E-state index contributed by atoms with van der Waals surface area (Å²) in [5.74, 6) is 0.112. The highest BCUT2D eigenvalue weighted by Crippen LogP contribution is 2.32. The van der Waals surface area contributed by atoms with Crippen molar-refractivity contribution in [2.45, 2.75) is 19.0 Å². The molecule has 0 amide bonds. The van der Waals surface area contributed by atoms with Gasteiger partial charge in [-0.15, -0.1) is 0 Å². The lowest BCUT2D eigenvalue weighted by atomic mass is 10.2. The Bertz CT molecular complexity index is 623. The van der Waals surface area contributed by atoms with E-state index >= 15 is 0 Å². The van der Waals surface area contributed by atoms with Crippen molar-refractivity contribution in [2.24, 2.45) is 0 Å². The summed E-state index contributed by atoms with van der Waals surface area (Å²) >= 11 is 0. The molecule has 0 radical (unpaired) electrons. The number of halogens is 3. The van der Waals surface area contributed by atoms with Crippen LogP contribution in [-0.4, -0.2) is 33.0 Å². The van der Waals surface area contributed by atoms with Gasteiger partial charge >= 0.3 is 6.18 Å². The summed E-state index contributed by atoms with van der Waals surface area (Å²) in [5, 5.41) is 0. The first-order valence-electron chi connectivity index (χ1n) is 6.50. The predicted molar refractivity (Wildman–Crippen MR) is 69.5 cm³/mol. The van der Waals surface area contributed by atoms with Crippen LogP contribution in [0.25, 0.3) is 11.3 Å². The van der Waals surface area contributed by atoms with Gasteiger partial charge in [-0.05, 0) is 18.9 Å². The molecule has 0 atom stereocenters. The molecule has 1 aliphatic rings. The summed E-state index contributed by atoms with van der Waals surface area (Å²) in [4.78, 5) is 17.3. The van der Waals surface area contributed by atoms with Crippen LogP contribution in [0.3, 0.4) is 0 Å². The smallest absolute Gasteiger partial charge is 0.341 e. The van der Waals surface area contributed by atoms with Crippen LogP contribution in [0.1, 0.15) is 18.5 Å². The quantitative estimate of drug-likeness (QED) is 0.852. The standard InChI is InChI=1S/C13H12F3N5/c14-13(15,16)11-5-10(9-6-17-8-18-7-9)19-12(20-11)21-3-1-2-4-21/h5-8H,1-4H2. The van der Waals surface area contributed by atoms with Gasteiger partial charge in [-0.1, -0.05) is 0 Å². The highest BCUT2D eigenvalue weighted by molar-refractivity contribution is 5.59. The van der Waals surface area contributed by atoms with Crippen LogP contribution in [0.2, 0.25) is 0 Å². The number of hydrogen-bond acceptors (Lipinski definition) is 5. The van der Waals surface area contributed by atoms with E-state index in [1.807, 2.05) is 0 Å². The first kappa shape index (κ1) is 13.7. The molecule has 0 saturated carbocycles. The maximum Gasteiger partial charge on any atom is 0.433 e. The second-order valence-corrected chi connectivity index (χ2v) is 4.76. The molecule has 0 N–H and O–H groups in total. The lowest BCUT2D eigenvalue weighted by Crippen LogP contribution is -2.22. The zero-order valence-electron chi connectivity index (χ0n) is 11.0. The first-order chi connectivity index (χ1) is 10.0. The van der Waals surface area contributed by atoms with Gasteiger partial charge in [-0.25, -0.2) is 19.9 Å². The normalized spacial score (nSPS) is 15.5. The Labute approximate surface area is 118 Å². The number of aromatic nitrogens is 4. The van der Waals surface area contributed by atoms with Gasteiger partial charge in [0.1, 0.15) is 6.33 Å². The molecule has 3 rings (SSSR count). The average Bonchev–Trinajstić information content (AvgIpc) is 3.01. The topological polar surface area (TPSA) is 54.8 Å². The number of anilines is 1. The van der Waals surface area contributed by atoms with Gasteiger partial charge in [0.15, 0.2) is 5.69 Å². The van der Waals surface area contributed by atoms with Gasteiger partial charge in [0, 0.05) is 31.0 Å². The lowest BCUT2D eigenvalue weighted by Gasteiger charge is -2.17. The maximum atomic E-state index is 13.0. The third kappa shape index (κ3) is 2.93. The Kier molecular flexibility index (Phi) is 3.44. The van der Waals surface area contributed by atoms with E-state index in [4.69, 9.17) is 0 Å². The molecular formula is C13H12F3N5. The SMILES string of the molecule is FC(F)(F)c1cc(-c2cncnc2)nc(N2CCCC2)n1. The van der Waals surface area contributed by atoms with Crippen LogP contribution < -0.4 is 4.90 Å². The minimum absolute atomic E-state index is 0.112. The summed E-state index contributed by atoms with van der Waals surface area (Å²) in [6, 6.07) is 0.929. The second kappa shape index (κ2) is 5.27. The molecule has 0 spiro atoms. The maximum absolute atomic E-state index is 13.0. The van der Waals surface area contributed by atoms with E-state index in [9.17, 15) is 13.2 Å². The fraction of sp³-hybridized carbons (Fsp3) is 0.385. The van der Waals surface area contributed by atoms with Gasteiger partial charge in [0.25, 0.3) is 0 Å². The summed E-state index contributed by atoms with van der Waals surface area (Å²) in [7, 11) is 0. The summed E-state index contributed by atoms with van der Waals surface area (Å²) in [6.45, 7) is 1.35. The Morgan fingerprint density at radius 2 is 1.67 bits per heavy atom. The van der Waals surface area contributed by atoms with Crippen LogP contribution in [0.15, 0.2) is 24.8 Å². The minimum atomic E-state index is -4.51. The molecule has 0 aliphatic carbocycles. The van der Waals surface area contributed by atoms with Crippen molar-refractivity contribution in [3.63, 3.8) is 0 Å². The van der Waals surface area contributed by atoms with Crippen molar-refractivity contribution in [2.75, 3.05) is 18.0 Å². The molecule has 21 heavy (non-hydrogen) atoms. The van der Waals surface area contributed by atoms with Crippen LogP contribution in [0, 0.1) is 0 Å². The second-order valence-electron chi connectivity index (χ2n) is 4.76. The Balaban J connectivity index is 2.09. The molecule has 0 unspecified atom stereocenters. The molecule has 110 valence electrons. The van der Waals surface area contributed by atoms with Crippen molar-refractivity contribution in [3.8, 4) is 11.3 Å². The molecule has 3 heterocycles. The molecule has 8 heteroatoms. The number of hydrogen-bond donors (Lipinski definition) is 0. The Morgan fingerprint density at radius 3 is 2.29 bits per heavy atom. The van der Waals surface area contributed by atoms with E-state index in [1.54, 1.807) is 4.90 Å². The highest BCUT2D eigenvalue weighted by atomic mass is 19.4. The van der Waals surface area contributed by atoms with Crippen molar-refractivity contribution in [1.29, 1.82) is 0 Å². The van der Waals surface area contributed by atoms with Crippen LogP contribution in [0.4, 0.5) is 19.1 Å². The van der Waals surface area contributed by atoms with Crippen molar-refractivity contribution in [1.82, 2.24) is 19.9 Å². The zero-order chi connectivity index (χ0) is 14.9. The van der Waals surface area contributed by atoms with Crippen LogP contribution in [-0.2, 0) is 6.18 Å². The Hall–Kier alpha value is -2.25. The van der Waals surface area contributed by atoms with E-state index < -0.39 is 11.9 Å². The van der Waals surface area contributed by atoms with E-state index in [0.29, 0.717) is 18.7 Å². The number of rotatable bonds is 2. The highest BCUT2D eigenvalue weighted by Gasteiger charge is 2.34. The van der Waals surface area contributed by atoms with Crippen molar-refractivity contribution in [3.05, 3.63) is 30.5 Å². The molecule has 0 aromatic carbocycles. The van der Waals surface area contributed by atoms with Crippen LogP contribution >= 0.6 is 0 Å². The van der Waals surface area contributed by atoms with E-state index in [0.717, 1.165) is 18.9 Å². The van der Waals surface area contributed by atoms with E-state index in [2.05, 4.69) is 19.9 Å². The molecule has 0 bridgehead atoms. The van der Waals surface area contributed by atoms with Gasteiger partial charge in [0.05, 0.1) is 5.69 Å². The first-order valence-corrected chi connectivity index (χ1v) is 6.50. The zero-order valence-corrected chi connectivity index (χ0v) is 11.0. The minimum Gasteiger partial charge on any atom is -0.341 e. The summed E-state index contributed by atoms with van der Waals surface area (Å²) in [6.07, 6.45) is 1.54. The van der Waals surface area contributed by atoms with Gasteiger partial charge in [-0.2, -0.15) is 13.2 Å². The molecular weight excluding hydrogens is 283 g/mol. The van der Waals surface area contributed by atoms with Crippen molar-refractivity contribution < 1.29 is 13.2 Å². The lowest BCUT2D eigenvalue weighted by molar-refractivity contribution is -0.141. The largest absolute Gasteiger partial charge is 0.433 e. The van der Waals surface area contributed by atoms with Crippen molar-refractivity contribution >= 4 is 5.95 Å². The fourth-order valence-corrected chi connectivity index (χ4v) is 2.22. The average molecular weight is 295 g/mol. The van der Waals surface area contributed by atoms with Gasteiger partial charge in [-0.3, -0.25) is 0 Å². The number of nitrogens with zero attached hydrogens (tertiary/aromatic N) is 5. The third-order valence-electron chi connectivity index (χ3n) is 3.25. The predicted octanol–water partition coefficient (Wildman–Crippen LogP) is 2.55. The number of alkyl halides is 3. The molecule has 2 aromatic rings. The summed E-state index contributed by atoms with van der Waals surface area (Å²) in [5.41, 5.74) is -0.330. The van der Waals surface area contributed by atoms with Gasteiger partial charge < -0.3 is 4.90 Å². The third-order valence-corrected chi connectivity index (χ3v) is 3.25. The molecule has 1 saturated heterocycles. The summed E-state index contributed by atoms with van der Waals surface area (Å²) < 4.78 is 39.0.